The molecule has 0 saturated carbocycles. The number of carbonyl (C=O) groups excluding carboxylic acids is 1. The molecule has 0 unspecified atom stereocenters. The SMILES string of the molecule is O=NC(=O)CCCCCCCCCCP(=O)(N=O)N=O. The Hall–Kier alpha value is -1.30. The first kappa shape index (κ1) is 18.7. The summed E-state index contributed by atoms with van der Waals surface area (Å²) in [4.78, 5) is 45.3. The number of carbonyl (C=O) groups is 1. The molecule has 20 heavy (non-hydrogen) atoms. The highest BCUT2D eigenvalue weighted by Gasteiger charge is 2.22. The highest BCUT2D eigenvalue weighted by molar-refractivity contribution is 7.60. The van der Waals surface area contributed by atoms with E-state index in [-0.39, 0.29) is 12.6 Å². The van der Waals surface area contributed by atoms with E-state index >= 15 is 0 Å². The number of nitroso groups, excluding NO2 is 3. The van der Waals surface area contributed by atoms with Crippen molar-refractivity contribution >= 4 is 13.4 Å². The fourth-order valence-corrected chi connectivity index (χ4v) is 2.63. The molecule has 114 valence electrons. The molecule has 0 aliphatic rings. The fraction of sp³-hybridized carbons (Fsp3) is 0.909. The summed E-state index contributed by atoms with van der Waals surface area (Å²) >= 11 is 0. The number of nitrogens with zero attached hydrogens (tertiary/aromatic N) is 3. The lowest BCUT2D eigenvalue weighted by Gasteiger charge is -2.02. The highest BCUT2D eigenvalue weighted by atomic mass is 31.2. The molecule has 0 aliphatic heterocycles. The lowest BCUT2D eigenvalue weighted by atomic mass is 10.1. The van der Waals surface area contributed by atoms with E-state index in [1.807, 2.05) is 0 Å². The van der Waals surface area contributed by atoms with Gasteiger partial charge in [-0.3, -0.25) is 9.36 Å². The van der Waals surface area contributed by atoms with Crippen LogP contribution in [-0.2, 0) is 9.36 Å². The van der Waals surface area contributed by atoms with Crippen molar-refractivity contribution in [1.82, 2.24) is 0 Å². The summed E-state index contributed by atoms with van der Waals surface area (Å²) in [5.74, 6) is -0.595. The van der Waals surface area contributed by atoms with Gasteiger partial charge in [0.15, 0.2) is 0 Å². The summed E-state index contributed by atoms with van der Waals surface area (Å²) < 4.78 is 11.2. The minimum atomic E-state index is -3.69. The summed E-state index contributed by atoms with van der Waals surface area (Å²) in [6.07, 6.45) is 6.95. The minimum absolute atomic E-state index is 0.0409. The van der Waals surface area contributed by atoms with Gasteiger partial charge in [-0.25, -0.2) is 0 Å². The highest BCUT2D eigenvalue weighted by Crippen LogP contribution is 2.48. The number of rotatable bonds is 13. The monoisotopic (exact) mass is 305 g/mol. The lowest BCUT2D eigenvalue weighted by Crippen LogP contribution is -1.91. The molecule has 0 aromatic heterocycles. The minimum Gasteiger partial charge on any atom is -0.269 e. The van der Waals surface area contributed by atoms with Gasteiger partial charge in [0.05, 0.1) is 0 Å². The van der Waals surface area contributed by atoms with Crippen LogP contribution in [-0.4, -0.2) is 12.1 Å². The van der Waals surface area contributed by atoms with Crippen LogP contribution in [0.15, 0.2) is 15.1 Å². The van der Waals surface area contributed by atoms with Crippen molar-refractivity contribution in [1.29, 1.82) is 0 Å². The molecule has 0 aromatic carbocycles. The molecule has 0 atom stereocenters. The van der Waals surface area contributed by atoms with Crippen LogP contribution in [0.5, 0.6) is 0 Å². The Kier molecular flexibility index (Phi) is 10.8. The third kappa shape index (κ3) is 9.61. The van der Waals surface area contributed by atoms with E-state index in [4.69, 9.17) is 0 Å². The quantitative estimate of drug-likeness (QED) is 0.281. The summed E-state index contributed by atoms with van der Waals surface area (Å²) in [5, 5.41) is 2.32. The van der Waals surface area contributed by atoms with Gasteiger partial charge in [0.25, 0.3) is 5.91 Å². The largest absolute Gasteiger partial charge is 0.374 e. The van der Waals surface area contributed by atoms with Gasteiger partial charge in [-0.05, 0) is 12.8 Å². The van der Waals surface area contributed by atoms with Crippen LogP contribution < -0.4 is 0 Å². The molecule has 0 aliphatic carbocycles. The number of hydrogen-bond donors (Lipinski definition) is 0. The second-order valence-corrected chi connectivity index (χ2v) is 6.72. The smallest absolute Gasteiger partial charge is 0.269 e. The molecular formula is C11H20N3O5P. The van der Waals surface area contributed by atoms with Gasteiger partial charge in [-0.2, -0.15) is 0 Å². The molecule has 0 fully saturated rings. The second kappa shape index (κ2) is 11.5. The van der Waals surface area contributed by atoms with E-state index in [1.165, 1.54) is 0 Å². The molecule has 9 heteroatoms. The third-order valence-electron chi connectivity index (χ3n) is 2.95. The van der Waals surface area contributed by atoms with E-state index in [9.17, 15) is 24.1 Å². The predicted octanol–water partition coefficient (Wildman–Crippen LogP) is 4.52. The van der Waals surface area contributed by atoms with Crippen molar-refractivity contribution in [3.8, 4) is 0 Å². The molecule has 0 saturated heterocycles. The van der Waals surface area contributed by atoms with Crippen LogP contribution in [0.4, 0.5) is 0 Å². The van der Waals surface area contributed by atoms with Crippen LogP contribution in [0, 0.1) is 14.7 Å². The van der Waals surface area contributed by atoms with Crippen molar-refractivity contribution in [3.05, 3.63) is 14.7 Å². The summed E-state index contributed by atoms with van der Waals surface area (Å²) in [5.41, 5.74) is 0. The van der Waals surface area contributed by atoms with E-state index in [1.54, 1.807) is 0 Å². The lowest BCUT2D eigenvalue weighted by molar-refractivity contribution is -0.118. The van der Waals surface area contributed by atoms with Gasteiger partial charge in [0.1, 0.15) is 0 Å². The first-order valence-electron chi connectivity index (χ1n) is 6.73. The molecular weight excluding hydrogens is 285 g/mol. The predicted molar refractivity (Wildman–Crippen MR) is 76.4 cm³/mol. The maximum atomic E-state index is 11.2. The molecule has 0 N–H and O–H groups in total. The van der Waals surface area contributed by atoms with E-state index in [0.717, 1.165) is 38.5 Å². The maximum absolute atomic E-state index is 11.2. The average molecular weight is 305 g/mol. The first-order chi connectivity index (χ1) is 9.58. The molecule has 0 heterocycles. The molecule has 0 radical (unpaired) electrons. The molecule has 0 aromatic rings. The zero-order chi connectivity index (χ0) is 15.3. The van der Waals surface area contributed by atoms with Crippen molar-refractivity contribution < 1.29 is 9.36 Å². The van der Waals surface area contributed by atoms with Crippen molar-refractivity contribution in [2.45, 2.75) is 57.8 Å². The molecule has 0 rings (SSSR count). The summed E-state index contributed by atoms with van der Waals surface area (Å²) in [6, 6.07) is 0. The van der Waals surface area contributed by atoms with Gasteiger partial charge < -0.3 is 0 Å². The number of amides is 1. The second-order valence-electron chi connectivity index (χ2n) is 4.62. The normalized spacial score (nSPS) is 11.0. The van der Waals surface area contributed by atoms with Crippen LogP contribution in [0.25, 0.3) is 0 Å². The van der Waals surface area contributed by atoms with Crippen LogP contribution >= 0.6 is 7.44 Å². The van der Waals surface area contributed by atoms with E-state index in [0.29, 0.717) is 12.8 Å². The Labute approximate surface area is 117 Å². The van der Waals surface area contributed by atoms with Crippen LogP contribution in [0.3, 0.4) is 0 Å². The number of unbranched alkanes of at least 4 members (excludes halogenated alkanes) is 7. The maximum Gasteiger partial charge on any atom is 0.374 e. The van der Waals surface area contributed by atoms with Crippen molar-refractivity contribution in [3.63, 3.8) is 0 Å². The molecule has 0 bridgehead atoms. The average Bonchev–Trinajstić information content (AvgIpc) is 2.48. The zero-order valence-electron chi connectivity index (χ0n) is 11.4. The topological polar surface area (TPSA) is 122 Å². The Bertz CT molecular complexity index is 363. The molecule has 1 amide bonds. The molecule has 0 spiro atoms. The van der Waals surface area contributed by atoms with Crippen LogP contribution in [0.1, 0.15) is 57.8 Å². The van der Waals surface area contributed by atoms with Gasteiger partial charge in [0, 0.05) is 27.7 Å². The molecule has 8 nitrogen and oxygen atoms in total. The zero-order valence-corrected chi connectivity index (χ0v) is 12.3. The van der Waals surface area contributed by atoms with Crippen molar-refractivity contribution in [2.75, 3.05) is 6.16 Å². The Morgan fingerprint density at radius 3 is 1.65 bits per heavy atom. The van der Waals surface area contributed by atoms with Crippen molar-refractivity contribution in [2.24, 2.45) is 15.1 Å². The Morgan fingerprint density at radius 2 is 1.20 bits per heavy atom. The third-order valence-corrected chi connectivity index (χ3v) is 4.36. The van der Waals surface area contributed by atoms with E-state index < -0.39 is 13.4 Å². The van der Waals surface area contributed by atoms with Gasteiger partial charge in [0.2, 0.25) is 0 Å². The van der Waals surface area contributed by atoms with Gasteiger partial charge in [-0.1, -0.05) is 38.5 Å². The van der Waals surface area contributed by atoms with Gasteiger partial charge in [-0.15, -0.1) is 14.7 Å². The summed E-state index contributed by atoms with van der Waals surface area (Å²) in [7, 11) is -3.69. The number of hydrogen-bond acceptors (Lipinski definition) is 5. The van der Waals surface area contributed by atoms with Gasteiger partial charge >= 0.3 is 7.44 Å². The first-order valence-corrected chi connectivity index (χ1v) is 8.53. The van der Waals surface area contributed by atoms with Crippen LogP contribution in [0.2, 0.25) is 0 Å². The standard InChI is InChI=1S/C11H20N3O5P/c15-11(12-16)9-7-5-3-1-2-4-6-8-10-20(19,13-17)14-18/h1-10H2. The fourth-order valence-electron chi connectivity index (χ4n) is 1.80. The van der Waals surface area contributed by atoms with E-state index in [2.05, 4.69) is 15.1 Å². The Morgan fingerprint density at radius 1 is 0.750 bits per heavy atom. The summed E-state index contributed by atoms with van der Waals surface area (Å²) in [6.45, 7) is 0. The Balaban J connectivity index is 3.35.